The summed E-state index contributed by atoms with van der Waals surface area (Å²) in [6.07, 6.45) is 2.90. The molecule has 3 nitrogen and oxygen atoms in total. The first-order valence-corrected chi connectivity index (χ1v) is 5.32. The Morgan fingerprint density at radius 3 is 2.60 bits per heavy atom. The van der Waals surface area contributed by atoms with Gasteiger partial charge in [0.2, 0.25) is 0 Å². The van der Waals surface area contributed by atoms with Crippen LogP contribution in [0.4, 0.5) is 0 Å². The lowest BCUT2D eigenvalue weighted by atomic mass is 10.3. The molecule has 0 aliphatic carbocycles. The molecule has 0 bridgehead atoms. The van der Waals surface area contributed by atoms with Crippen LogP contribution in [0.25, 0.3) is 0 Å². The molecule has 0 fully saturated rings. The number of hydrogen-bond donors (Lipinski definition) is 0. The third kappa shape index (κ3) is 2.67. The maximum absolute atomic E-state index is 5.82. The van der Waals surface area contributed by atoms with Crippen LogP contribution in [-0.4, -0.2) is 9.97 Å². The van der Waals surface area contributed by atoms with Crippen LogP contribution < -0.4 is 4.74 Å². The van der Waals surface area contributed by atoms with E-state index in [0.717, 1.165) is 4.47 Å². The molecule has 5 heteroatoms. The molecule has 76 valence electrons. The molecule has 1 aromatic carbocycles. The Kier molecular flexibility index (Phi) is 3.18. The number of aromatic nitrogens is 2. The third-order valence-electron chi connectivity index (χ3n) is 1.67. The summed E-state index contributed by atoms with van der Waals surface area (Å²) in [6, 6.07) is 7.42. The van der Waals surface area contributed by atoms with Crippen molar-refractivity contribution in [3.63, 3.8) is 0 Å². The molecule has 0 saturated heterocycles. The van der Waals surface area contributed by atoms with Gasteiger partial charge >= 0.3 is 0 Å². The van der Waals surface area contributed by atoms with Crippen molar-refractivity contribution in [3.05, 3.63) is 46.4 Å². The van der Waals surface area contributed by atoms with Gasteiger partial charge in [-0.1, -0.05) is 27.5 Å². The Bertz CT molecular complexity index is 461. The van der Waals surface area contributed by atoms with Crippen LogP contribution >= 0.6 is 27.5 Å². The molecule has 0 amide bonds. The van der Waals surface area contributed by atoms with Crippen molar-refractivity contribution in [2.45, 2.75) is 0 Å². The predicted octanol–water partition coefficient (Wildman–Crippen LogP) is 3.68. The van der Waals surface area contributed by atoms with E-state index in [-0.39, 0.29) is 0 Å². The summed E-state index contributed by atoms with van der Waals surface area (Å²) in [4.78, 5) is 7.64. The highest BCUT2D eigenvalue weighted by atomic mass is 79.9. The lowest BCUT2D eigenvalue weighted by molar-refractivity contribution is 0.477. The maximum Gasteiger partial charge on any atom is 0.182 e. The topological polar surface area (TPSA) is 35.0 Å². The summed E-state index contributed by atoms with van der Waals surface area (Å²) in [5.41, 5.74) is 0. The Labute approximate surface area is 100 Å². The zero-order chi connectivity index (χ0) is 10.7. The zero-order valence-corrected chi connectivity index (χ0v) is 9.86. The predicted molar refractivity (Wildman–Crippen MR) is 61.3 cm³/mol. The fraction of sp³-hybridized carbons (Fsp3) is 0. The quantitative estimate of drug-likeness (QED) is 0.789. The summed E-state index contributed by atoms with van der Waals surface area (Å²) in [7, 11) is 0. The van der Waals surface area contributed by atoms with Gasteiger partial charge in [0.15, 0.2) is 10.9 Å². The molecule has 0 N–H and O–H groups in total. The second-order valence-corrected chi connectivity index (χ2v) is 4.01. The minimum Gasteiger partial charge on any atom is -0.452 e. The largest absolute Gasteiger partial charge is 0.452 e. The lowest BCUT2D eigenvalue weighted by Crippen LogP contribution is -1.88. The molecule has 1 aromatic heterocycles. The fourth-order valence-electron chi connectivity index (χ4n) is 1.00. The van der Waals surface area contributed by atoms with Crippen LogP contribution in [0.3, 0.4) is 0 Å². The molecule has 2 rings (SSSR count). The molecule has 0 atom stereocenters. The van der Waals surface area contributed by atoms with Crippen LogP contribution in [0.5, 0.6) is 11.5 Å². The average Bonchev–Trinajstić information content (AvgIpc) is 2.25. The van der Waals surface area contributed by atoms with Crippen LogP contribution in [0.1, 0.15) is 0 Å². The molecule has 2 aromatic rings. The lowest BCUT2D eigenvalue weighted by Gasteiger charge is -2.05. The smallest absolute Gasteiger partial charge is 0.182 e. The third-order valence-corrected chi connectivity index (χ3v) is 2.49. The SMILES string of the molecule is Clc1ncncc1Oc1ccc(Br)cc1. The van der Waals surface area contributed by atoms with Gasteiger partial charge in [-0.25, -0.2) is 9.97 Å². The fourth-order valence-corrected chi connectivity index (χ4v) is 1.40. The van der Waals surface area contributed by atoms with Gasteiger partial charge in [-0.05, 0) is 24.3 Å². The van der Waals surface area contributed by atoms with Gasteiger partial charge in [-0.15, -0.1) is 0 Å². The first kappa shape index (κ1) is 10.4. The van der Waals surface area contributed by atoms with Crippen molar-refractivity contribution in [1.29, 1.82) is 0 Å². The summed E-state index contributed by atoms with van der Waals surface area (Å²) < 4.78 is 6.48. The van der Waals surface area contributed by atoms with E-state index in [0.29, 0.717) is 16.7 Å². The van der Waals surface area contributed by atoms with Gasteiger partial charge in [0.05, 0.1) is 6.20 Å². The Hall–Kier alpha value is -1.13. The number of nitrogens with zero attached hydrogens (tertiary/aromatic N) is 2. The molecule has 1 heterocycles. The average molecular weight is 286 g/mol. The van der Waals surface area contributed by atoms with Gasteiger partial charge in [-0.2, -0.15) is 0 Å². The van der Waals surface area contributed by atoms with E-state index in [4.69, 9.17) is 16.3 Å². The van der Waals surface area contributed by atoms with Crippen molar-refractivity contribution in [1.82, 2.24) is 9.97 Å². The van der Waals surface area contributed by atoms with Crippen molar-refractivity contribution in [3.8, 4) is 11.5 Å². The molecule has 0 spiro atoms. The van der Waals surface area contributed by atoms with E-state index < -0.39 is 0 Å². The number of hydrogen-bond acceptors (Lipinski definition) is 3. The van der Waals surface area contributed by atoms with Gasteiger partial charge in [0, 0.05) is 4.47 Å². The first-order valence-electron chi connectivity index (χ1n) is 4.14. The van der Waals surface area contributed by atoms with Crippen molar-refractivity contribution in [2.75, 3.05) is 0 Å². The molecule has 15 heavy (non-hydrogen) atoms. The highest BCUT2D eigenvalue weighted by Crippen LogP contribution is 2.26. The molecule has 0 unspecified atom stereocenters. The van der Waals surface area contributed by atoms with E-state index in [2.05, 4.69) is 25.9 Å². The molecule has 0 saturated carbocycles. The van der Waals surface area contributed by atoms with Gasteiger partial charge in [0.1, 0.15) is 12.1 Å². The van der Waals surface area contributed by atoms with E-state index >= 15 is 0 Å². The van der Waals surface area contributed by atoms with Crippen LogP contribution in [-0.2, 0) is 0 Å². The molecular formula is C10H6BrClN2O. The van der Waals surface area contributed by atoms with E-state index in [1.165, 1.54) is 12.5 Å². The molecular weight excluding hydrogens is 279 g/mol. The highest BCUT2D eigenvalue weighted by Gasteiger charge is 2.03. The maximum atomic E-state index is 5.82. The van der Waals surface area contributed by atoms with Crippen LogP contribution in [0, 0.1) is 0 Å². The summed E-state index contributed by atoms with van der Waals surface area (Å²) >= 11 is 9.16. The van der Waals surface area contributed by atoms with Gasteiger partial charge in [-0.3, -0.25) is 0 Å². The minimum absolute atomic E-state index is 0.299. The van der Waals surface area contributed by atoms with Crippen molar-refractivity contribution >= 4 is 27.5 Å². The van der Waals surface area contributed by atoms with E-state index in [9.17, 15) is 0 Å². The number of ether oxygens (including phenoxy) is 1. The molecule has 0 aliphatic heterocycles. The summed E-state index contributed by atoms with van der Waals surface area (Å²) in [5.74, 6) is 1.14. The monoisotopic (exact) mass is 284 g/mol. The Morgan fingerprint density at radius 1 is 1.20 bits per heavy atom. The van der Waals surface area contributed by atoms with Gasteiger partial charge in [0.25, 0.3) is 0 Å². The first-order chi connectivity index (χ1) is 7.25. The van der Waals surface area contributed by atoms with E-state index in [1.54, 1.807) is 0 Å². The van der Waals surface area contributed by atoms with Crippen molar-refractivity contribution < 1.29 is 4.74 Å². The summed E-state index contributed by atoms with van der Waals surface area (Å²) in [6.45, 7) is 0. The number of halogens is 2. The molecule has 0 aliphatic rings. The van der Waals surface area contributed by atoms with Crippen molar-refractivity contribution in [2.24, 2.45) is 0 Å². The molecule has 0 radical (unpaired) electrons. The second kappa shape index (κ2) is 4.59. The highest BCUT2D eigenvalue weighted by molar-refractivity contribution is 9.10. The Morgan fingerprint density at radius 2 is 1.93 bits per heavy atom. The van der Waals surface area contributed by atoms with Crippen LogP contribution in [0.15, 0.2) is 41.3 Å². The standard InChI is InChI=1S/C10H6BrClN2O/c11-7-1-3-8(4-2-7)15-9-5-13-6-14-10(9)12/h1-6H. The number of benzene rings is 1. The van der Waals surface area contributed by atoms with Crippen LogP contribution in [0.2, 0.25) is 5.15 Å². The van der Waals surface area contributed by atoms with E-state index in [1.807, 2.05) is 24.3 Å². The minimum atomic E-state index is 0.299. The second-order valence-electron chi connectivity index (χ2n) is 2.73. The van der Waals surface area contributed by atoms with Gasteiger partial charge < -0.3 is 4.74 Å². The summed E-state index contributed by atoms with van der Waals surface area (Å²) in [5, 5.41) is 0.299. The zero-order valence-electron chi connectivity index (χ0n) is 7.52. The number of rotatable bonds is 2. The normalized spacial score (nSPS) is 10.0. The Balaban J connectivity index is 2.22.